The smallest absolute Gasteiger partial charge is 0.306 e. The number of anilines is 1. The second-order valence-corrected chi connectivity index (χ2v) is 13.0. The van der Waals surface area contributed by atoms with Crippen LogP contribution in [0, 0.1) is 5.92 Å². The van der Waals surface area contributed by atoms with Gasteiger partial charge in [-0.05, 0) is 107 Å². The van der Waals surface area contributed by atoms with E-state index >= 15 is 0 Å². The zero-order chi connectivity index (χ0) is 29.5. The summed E-state index contributed by atoms with van der Waals surface area (Å²) in [5.41, 5.74) is 5.03. The summed E-state index contributed by atoms with van der Waals surface area (Å²) in [6.45, 7) is 9.39. The van der Waals surface area contributed by atoms with Crippen LogP contribution in [0.2, 0.25) is 0 Å². The number of fused-ring (bicyclic) bond motifs is 1. The van der Waals surface area contributed by atoms with E-state index in [1.807, 2.05) is 39.1 Å². The summed E-state index contributed by atoms with van der Waals surface area (Å²) in [5, 5.41) is 4.51. The molecule has 1 amide bonds. The van der Waals surface area contributed by atoms with Crippen molar-refractivity contribution in [3.8, 4) is 0 Å². The summed E-state index contributed by atoms with van der Waals surface area (Å²) >= 11 is 0. The van der Waals surface area contributed by atoms with Crippen molar-refractivity contribution < 1.29 is 19.1 Å². The van der Waals surface area contributed by atoms with Gasteiger partial charge >= 0.3 is 5.97 Å². The lowest BCUT2D eigenvalue weighted by atomic mass is 9.88. The Balaban J connectivity index is 1.30. The molecule has 0 bridgehead atoms. The fourth-order valence-electron chi connectivity index (χ4n) is 6.39. The van der Waals surface area contributed by atoms with Gasteiger partial charge in [-0.3, -0.25) is 9.59 Å². The third kappa shape index (κ3) is 8.15. The molecule has 0 radical (unpaired) electrons. The number of esters is 1. The maximum atomic E-state index is 13.6. The number of hydrogen-bond donors (Lipinski definition) is 2. The van der Waals surface area contributed by atoms with E-state index < -0.39 is 5.60 Å². The third-order valence-corrected chi connectivity index (χ3v) is 8.47. The van der Waals surface area contributed by atoms with Crippen LogP contribution < -0.4 is 10.2 Å². The van der Waals surface area contributed by atoms with Gasteiger partial charge in [0.2, 0.25) is 5.91 Å². The Hall–Kier alpha value is -3.32. The second-order valence-electron chi connectivity index (χ2n) is 13.0. The minimum atomic E-state index is -0.491. The van der Waals surface area contributed by atoms with Gasteiger partial charge in [0.25, 0.3) is 0 Å². The maximum Gasteiger partial charge on any atom is 0.306 e. The monoisotopic (exact) mass is 573 g/mol. The Morgan fingerprint density at radius 2 is 1.83 bits per heavy atom. The summed E-state index contributed by atoms with van der Waals surface area (Å²) < 4.78 is 11.1. The van der Waals surface area contributed by atoms with Crippen LogP contribution in [0.15, 0.2) is 48.7 Å². The number of para-hydroxylation sites is 1. The largest absolute Gasteiger partial charge is 0.460 e. The van der Waals surface area contributed by atoms with E-state index in [-0.39, 0.29) is 17.9 Å². The highest BCUT2D eigenvalue weighted by Gasteiger charge is 2.26. The van der Waals surface area contributed by atoms with E-state index in [4.69, 9.17) is 9.47 Å². The standard InChI is InChI=1S/C35H47N3O4/c1-35(2,3)42-34(40)14-12-27-24-36-30-13-11-26(21-29(27)30)23-33(39)37-31(22-25-15-19-41-20-16-25)28-9-5-6-10-32(28)38-17-7-4-8-18-38/h5-6,9-11,13,21,24-25,31,36H,4,7-8,12,14-20,22-23H2,1-3H3,(H,37,39). The molecule has 1 unspecified atom stereocenters. The van der Waals surface area contributed by atoms with Gasteiger partial charge in [-0.25, -0.2) is 0 Å². The van der Waals surface area contributed by atoms with E-state index in [1.165, 1.54) is 30.5 Å². The predicted molar refractivity (Wildman–Crippen MR) is 168 cm³/mol. The van der Waals surface area contributed by atoms with Crippen molar-refractivity contribution in [2.24, 2.45) is 5.92 Å². The quantitative estimate of drug-likeness (QED) is 0.265. The highest BCUT2D eigenvalue weighted by atomic mass is 16.6. The Kier molecular flexibility index (Phi) is 9.88. The lowest BCUT2D eigenvalue weighted by molar-refractivity contribution is -0.154. The van der Waals surface area contributed by atoms with Gasteiger partial charge in [-0.1, -0.05) is 24.3 Å². The highest BCUT2D eigenvalue weighted by molar-refractivity contribution is 5.86. The van der Waals surface area contributed by atoms with Gasteiger partial charge in [-0.15, -0.1) is 0 Å². The predicted octanol–water partition coefficient (Wildman–Crippen LogP) is 6.65. The van der Waals surface area contributed by atoms with Crippen molar-refractivity contribution in [2.45, 2.75) is 90.2 Å². The molecule has 2 aliphatic rings. The van der Waals surface area contributed by atoms with Gasteiger partial charge in [0.15, 0.2) is 0 Å². The van der Waals surface area contributed by atoms with Crippen molar-refractivity contribution in [3.05, 3.63) is 65.4 Å². The second kappa shape index (κ2) is 13.8. The first-order valence-corrected chi connectivity index (χ1v) is 15.8. The molecule has 3 heterocycles. The van der Waals surface area contributed by atoms with Crippen LogP contribution in [0.25, 0.3) is 10.9 Å². The summed E-state index contributed by atoms with van der Waals surface area (Å²) in [4.78, 5) is 31.7. The number of aryl methyl sites for hydroxylation is 1. The van der Waals surface area contributed by atoms with Gasteiger partial charge < -0.3 is 24.7 Å². The number of carbonyl (C=O) groups excluding carboxylic acids is 2. The van der Waals surface area contributed by atoms with E-state index in [9.17, 15) is 9.59 Å². The number of ether oxygens (including phenoxy) is 2. The molecule has 2 aromatic carbocycles. The molecule has 2 saturated heterocycles. The highest BCUT2D eigenvalue weighted by Crippen LogP contribution is 2.34. The van der Waals surface area contributed by atoms with Crippen molar-refractivity contribution in [1.82, 2.24) is 10.3 Å². The summed E-state index contributed by atoms with van der Waals surface area (Å²) in [6, 6.07) is 14.7. The van der Waals surface area contributed by atoms with Crippen LogP contribution >= 0.6 is 0 Å². The number of carbonyl (C=O) groups is 2. The molecule has 3 aromatic rings. The van der Waals surface area contributed by atoms with E-state index in [0.717, 1.165) is 67.6 Å². The van der Waals surface area contributed by atoms with Crippen molar-refractivity contribution >= 4 is 28.5 Å². The number of hydrogen-bond acceptors (Lipinski definition) is 5. The van der Waals surface area contributed by atoms with Crippen LogP contribution in [-0.2, 0) is 31.9 Å². The van der Waals surface area contributed by atoms with Crippen molar-refractivity contribution in [2.75, 3.05) is 31.2 Å². The van der Waals surface area contributed by atoms with Gasteiger partial charge in [-0.2, -0.15) is 0 Å². The average molecular weight is 574 g/mol. The first-order chi connectivity index (χ1) is 20.2. The Morgan fingerprint density at radius 3 is 2.60 bits per heavy atom. The number of H-pyrrole nitrogens is 1. The number of rotatable bonds is 10. The van der Waals surface area contributed by atoms with Crippen LogP contribution in [0.3, 0.4) is 0 Å². The fraction of sp³-hybridized carbons (Fsp3) is 0.543. The first-order valence-electron chi connectivity index (χ1n) is 15.8. The topological polar surface area (TPSA) is 83.7 Å². The first kappa shape index (κ1) is 30.1. The molecule has 0 saturated carbocycles. The van der Waals surface area contributed by atoms with Crippen LogP contribution in [0.5, 0.6) is 0 Å². The lowest BCUT2D eigenvalue weighted by Gasteiger charge is -2.34. The normalized spacial score (nSPS) is 17.3. The minimum absolute atomic E-state index is 0.0331. The summed E-state index contributed by atoms with van der Waals surface area (Å²) in [5.74, 6) is 0.362. The molecule has 2 aliphatic heterocycles. The van der Waals surface area contributed by atoms with Crippen LogP contribution in [0.4, 0.5) is 5.69 Å². The van der Waals surface area contributed by atoms with Gasteiger partial charge in [0.1, 0.15) is 5.60 Å². The third-order valence-electron chi connectivity index (χ3n) is 8.47. The van der Waals surface area contributed by atoms with Gasteiger partial charge in [0, 0.05) is 55.5 Å². The number of aromatic amines is 1. The number of amides is 1. The molecule has 7 heteroatoms. The lowest BCUT2D eigenvalue weighted by Crippen LogP contribution is -2.35. The number of nitrogens with zero attached hydrogens (tertiary/aromatic N) is 1. The molecule has 1 atom stereocenters. The molecule has 226 valence electrons. The fourth-order valence-corrected chi connectivity index (χ4v) is 6.39. The van der Waals surface area contributed by atoms with Crippen LogP contribution in [0.1, 0.15) is 88.4 Å². The van der Waals surface area contributed by atoms with E-state index in [1.54, 1.807) is 0 Å². The molecule has 1 aromatic heterocycles. The van der Waals surface area contributed by atoms with Crippen molar-refractivity contribution in [3.63, 3.8) is 0 Å². The molecule has 0 aliphatic carbocycles. The van der Waals surface area contributed by atoms with E-state index in [0.29, 0.717) is 25.2 Å². The molecule has 0 spiro atoms. The molecule has 42 heavy (non-hydrogen) atoms. The maximum absolute atomic E-state index is 13.6. The average Bonchev–Trinajstić information content (AvgIpc) is 3.38. The zero-order valence-electron chi connectivity index (χ0n) is 25.5. The Labute approximate surface area is 250 Å². The number of nitrogens with one attached hydrogen (secondary N) is 2. The van der Waals surface area contributed by atoms with E-state index in [2.05, 4.69) is 45.5 Å². The van der Waals surface area contributed by atoms with Crippen molar-refractivity contribution in [1.29, 1.82) is 0 Å². The molecular weight excluding hydrogens is 526 g/mol. The molecule has 5 rings (SSSR count). The van der Waals surface area contributed by atoms with Crippen LogP contribution in [-0.4, -0.2) is 48.8 Å². The molecule has 2 N–H and O–H groups in total. The summed E-state index contributed by atoms with van der Waals surface area (Å²) in [7, 11) is 0. The molecular formula is C35H47N3O4. The SMILES string of the molecule is CC(C)(C)OC(=O)CCc1c[nH]c2ccc(CC(=O)NC(CC3CCOCC3)c3ccccc3N3CCCCC3)cc12. The summed E-state index contributed by atoms with van der Waals surface area (Å²) in [6.07, 6.45) is 9.89. The molecule has 7 nitrogen and oxygen atoms in total. The Morgan fingerprint density at radius 1 is 1.07 bits per heavy atom. The number of piperidine rings is 1. The van der Waals surface area contributed by atoms with Gasteiger partial charge in [0.05, 0.1) is 12.5 Å². The number of aromatic nitrogens is 1. The number of benzene rings is 2. The minimum Gasteiger partial charge on any atom is -0.460 e. The molecule has 2 fully saturated rings. The zero-order valence-corrected chi connectivity index (χ0v) is 25.5. The Bertz CT molecular complexity index is 1350.